The fourth-order valence-electron chi connectivity index (χ4n) is 2.75. The maximum Gasteiger partial charge on any atom is 0.238 e. The van der Waals surface area contributed by atoms with E-state index >= 15 is 0 Å². The number of nitriles is 1. The first kappa shape index (κ1) is 16.9. The number of aryl methyl sites for hydroxylation is 1. The minimum absolute atomic E-state index is 0.0434. The van der Waals surface area contributed by atoms with E-state index in [2.05, 4.69) is 16.4 Å². The monoisotopic (exact) mass is 365 g/mol. The summed E-state index contributed by atoms with van der Waals surface area (Å²) >= 11 is 4.81. The standard InChI is InChI=1S/C16H19N3OS3/c1-10(22-16-18-7-8-21-16)14(20)19-15-12(9-17)11-5-3-2-4-6-13(11)23-15/h10H,2-8H2,1H3,(H,19,20). The Hall–Kier alpha value is -0.970. The fraction of sp³-hybridized carbons (Fsp3) is 0.562. The topological polar surface area (TPSA) is 65.2 Å². The van der Waals surface area contributed by atoms with Crippen molar-refractivity contribution in [3.8, 4) is 6.07 Å². The van der Waals surface area contributed by atoms with Crippen molar-refractivity contribution < 1.29 is 4.79 Å². The highest BCUT2D eigenvalue weighted by molar-refractivity contribution is 8.39. The van der Waals surface area contributed by atoms with Crippen LogP contribution >= 0.6 is 34.9 Å². The van der Waals surface area contributed by atoms with E-state index in [1.165, 1.54) is 35.0 Å². The van der Waals surface area contributed by atoms with Crippen LogP contribution in [0, 0.1) is 11.3 Å². The largest absolute Gasteiger partial charge is 0.316 e. The molecule has 1 aliphatic heterocycles. The Morgan fingerprint density at radius 2 is 2.22 bits per heavy atom. The van der Waals surface area contributed by atoms with Crippen LogP contribution in [0.5, 0.6) is 0 Å². The third kappa shape index (κ3) is 3.93. The minimum Gasteiger partial charge on any atom is -0.316 e. The van der Waals surface area contributed by atoms with Gasteiger partial charge in [0.15, 0.2) is 0 Å². The van der Waals surface area contributed by atoms with Crippen LogP contribution in [0.25, 0.3) is 0 Å². The van der Waals surface area contributed by atoms with E-state index < -0.39 is 0 Å². The molecule has 1 atom stereocenters. The zero-order valence-electron chi connectivity index (χ0n) is 13.1. The summed E-state index contributed by atoms with van der Waals surface area (Å²) in [6, 6.07) is 2.31. The highest BCUT2D eigenvalue weighted by Crippen LogP contribution is 2.37. The highest BCUT2D eigenvalue weighted by Gasteiger charge is 2.24. The van der Waals surface area contributed by atoms with E-state index in [0.29, 0.717) is 5.56 Å². The van der Waals surface area contributed by atoms with E-state index in [1.807, 2.05) is 6.92 Å². The van der Waals surface area contributed by atoms with Gasteiger partial charge in [0.25, 0.3) is 0 Å². The van der Waals surface area contributed by atoms with Crippen LogP contribution in [0.2, 0.25) is 0 Å². The Balaban J connectivity index is 1.72. The van der Waals surface area contributed by atoms with Crippen molar-refractivity contribution in [1.82, 2.24) is 0 Å². The molecule has 1 aromatic heterocycles. The maximum absolute atomic E-state index is 12.5. The van der Waals surface area contributed by atoms with Crippen LogP contribution in [0.3, 0.4) is 0 Å². The molecule has 1 amide bonds. The lowest BCUT2D eigenvalue weighted by molar-refractivity contribution is -0.115. The Kier molecular flexibility index (Phi) is 5.67. The third-order valence-corrected chi connectivity index (χ3v) is 7.48. The molecule has 0 fully saturated rings. The lowest BCUT2D eigenvalue weighted by Gasteiger charge is -2.10. The first-order chi connectivity index (χ1) is 11.2. The molecule has 7 heteroatoms. The van der Waals surface area contributed by atoms with Crippen molar-refractivity contribution in [3.05, 3.63) is 16.0 Å². The van der Waals surface area contributed by atoms with Crippen LogP contribution in [0.1, 0.15) is 42.2 Å². The molecule has 122 valence electrons. The van der Waals surface area contributed by atoms with Crippen LogP contribution in [-0.2, 0) is 17.6 Å². The van der Waals surface area contributed by atoms with E-state index in [-0.39, 0.29) is 11.2 Å². The number of nitrogens with one attached hydrogen (secondary N) is 1. The summed E-state index contributed by atoms with van der Waals surface area (Å²) in [5.41, 5.74) is 1.85. The number of thioether (sulfide) groups is 2. The molecule has 1 unspecified atom stereocenters. The first-order valence-electron chi connectivity index (χ1n) is 7.88. The molecular formula is C16H19N3OS3. The minimum atomic E-state index is -0.201. The molecule has 0 saturated heterocycles. The smallest absolute Gasteiger partial charge is 0.238 e. The van der Waals surface area contributed by atoms with Gasteiger partial charge < -0.3 is 5.32 Å². The molecule has 1 aromatic rings. The van der Waals surface area contributed by atoms with Gasteiger partial charge in [-0.25, -0.2) is 0 Å². The van der Waals surface area contributed by atoms with Crippen molar-refractivity contribution in [1.29, 1.82) is 5.26 Å². The number of aliphatic imine (C=N–C) groups is 1. The lowest BCUT2D eigenvalue weighted by atomic mass is 10.1. The van der Waals surface area contributed by atoms with Crippen molar-refractivity contribution in [2.45, 2.75) is 44.3 Å². The average Bonchev–Trinajstić information content (AvgIpc) is 3.09. The molecular weight excluding hydrogens is 346 g/mol. The van der Waals surface area contributed by atoms with Gasteiger partial charge in [-0.2, -0.15) is 5.26 Å². The number of fused-ring (bicyclic) bond motifs is 1. The molecule has 0 spiro atoms. The van der Waals surface area contributed by atoms with Crippen molar-refractivity contribution >= 4 is 50.1 Å². The summed E-state index contributed by atoms with van der Waals surface area (Å²) in [4.78, 5) is 18.1. The second-order valence-electron chi connectivity index (χ2n) is 5.63. The molecule has 0 radical (unpaired) electrons. The molecule has 1 aliphatic carbocycles. The van der Waals surface area contributed by atoms with Gasteiger partial charge in [0.2, 0.25) is 5.91 Å². The Morgan fingerprint density at radius 3 is 2.96 bits per heavy atom. The summed E-state index contributed by atoms with van der Waals surface area (Å²) in [5.74, 6) is 0.963. The van der Waals surface area contributed by atoms with Crippen molar-refractivity contribution in [3.63, 3.8) is 0 Å². The molecule has 2 heterocycles. The molecule has 23 heavy (non-hydrogen) atoms. The van der Waals surface area contributed by atoms with Gasteiger partial charge in [-0.3, -0.25) is 9.79 Å². The summed E-state index contributed by atoms with van der Waals surface area (Å²) in [5, 5.41) is 13.0. The van der Waals surface area contributed by atoms with E-state index in [0.717, 1.165) is 40.9 Å². The summed E-state index contributed by atoms with van der Waals surface area (Å²) in [7, 11) is 0. The van der Waals surface area contributed by atoms with E-state index in [9.17, 15) is 10.1 Å². The lowest BCUT2D eigenvalue weighted by Crippen LogP contribution is -2.23. The molecule has 3 rings (SSSR count). The number of hydrogen-bond acceptors (Lipinski definition) is 6. The summed E-state index contributed by atoms with van der Waals surface area (Å²) < 4.78 is 0.995. The van der Waals surface area contributed by atoms with Crippen LogP contribution in [-0.4, -0.2) is 27.8 Å². The molecule has 0 bridgehead atoms. The van der Waals surface area contributed by atoms with Gasteiger partial charge in [0.05, 0.1) is 17.4 Å². The fourth-order valence-corrected chi connectivity index (χ4v) is 6.13. The second kappa shape index (κ2) is 7.73. The summed E-state index contributed by atoms with van der Waals surface area (Å²) in [6.45, 7) is 2.74. The van der Waals surface area contributed by atoms with Crippen LogP contribution in [0.15, 0.2) is 4.99 Å². The summed E-state index contributed by atoms with van der Waals surface area (Å²) in [6.07, 6.45) is 5.52. The first-order valence-corrected chi connectivity index (χ1v) is 10.6. The molecule has 2 aliphatic rings. The predicted molar refractivity (Wildman–Crippen MR) is 101 cm³/mol. The van der Waals surface area contributed by atoms with E-state index in [4.69, 9.17) is 0 Å². The van der Waals surface area contributed by atoms with Crippen LogP contribution < -0.4 is 5.32 Å². The molecule has 0 saturated carbocycles. The van der Waals surface area contributed by atoms with Gasteiger partial charge >= 0.3 is 0 Å². The Morgan fingerprint density at radius 1 is 1.39 bits per heavy atom. The highest BCUT2D eigenvalue weighted by atomic mass is 32.2. The quantitative estimate of drug-likeness (QED) is 0.821. The maximum atomic E-state index is 12.5. The second-order valence-corrected chi connectivity index (χ2v) is 9.40. The van der Waals surface area contributed by atoms with Gasteiger partial charge in [0.1, 0.15) is 15.4 Å². The predicted octanol–water partition coefficient (Wildman–Crippen LogP) is 4.05. The van der Waals surface area contributed by atoms with E-state index in [1.54, 1.807) is 23.1 Å². The van der Waals surface area contributed by atoms with Gasteiger partial charge in [-0.05, 0) is 38.2 Å². The third-order valence-electron chi connectivity index (χ3n) is 3.97. The zero-order valence-corrected chi connectivity index (χ0v) is 15.5. The number of carbonyl (C=O) groups excluding carboxylic acids is 1. The van der Waals surface area contributed by atoms with Crippen LogP contribution in [0.4, 0.5) is 5.00 Å². The molecule has 0 aromatic carbocycles. The number of hydrogen-bond donors (Lipinski definition) is 1. The van der Waals surface area contributed by atoms with Gasteiger partial charge in [0, 0.05) is 10.6 Å². The number of carbonyl (C=O) groups is 1. The number of amides is 1. The number of anilines is 1. The van der Waals surface area contributed by atoms with Gasteiger partial charge in [-0.15, -0.1) is 11.3 Å². The SMILES string of the molecule is CC(SC1=NCCS1)C(=O)Nc1sc2c(c1C#N)CCCCC2. The van der Waals surface area contributed by atoms with Crippen molar-refractivity contribution in [2.75, 3.05) is 17.6 Å². The van der Waals surface area contributed by atoms with Crippen molar-refractivity contribution in [2.24, 2.45) is 4.99 Å². The van der Waals surface area contributed by atoms with Gasteiger partial charge in [-0.1, -0.05) is 29.9 Å². The normalized spacial score (nSPS) is 18.5. The molecule has 1 N–H and O–H groups in total. The number of thiophene rings is 1. The zero-order chi connectivity index (χ0) is 16.2. The number of rotatable bonds is 3. The Labute approximate surface area is 149 Å². The number of nitrogens with zero attached hydrogens (tertiary/aromatic N) is 2. The average molecular weight is 366 g/mol. The Bertz CT molecular complexity index is 675. The molecule has 4 nitrogen and oxygen atoms in total.